The number of ether oxygens (including phenoxy) is 2. The minimum absolute atomic E-state index is 0.138. The van der Waals surface area contributed by atoms with Crippen molar-refractivity contribution in [3.63, 3.8) is 0 Å². The quantitative estimate of drug-likeness (QED) is 0.380. The second-order valence-electron chi connectivity index (χ2n) is 6.11. The Morgan fingerprint density at radius 3 is 2.66 bits per heavy atom. The third-order valence-corrected chi connectivity index (χ3v) is 4.69. The molecule has 2 heterocycles. The molecule has 1 aromatic rings. The maximum atomic E-state index is 13.9. The van der Waals surface area contributed by atoms with Gasteiger partial charge in [0.05, 0.1) is 0 Å². The molecule has 1 aliphatic rings. The van der Waals surface area contributed by atoms with E-state index in [9.17, 15) is 36.3 Å². The van der Waals surface area contributed by atoms with Crippen molar-refractivity contribution < 1.29 is 45.2 Å². The molecule has 1 N–H and O–H groups in total. The van der Waals surface area contributed by atoms with E-state index in [1.54, 1.807) is 0 Å². The average molecular weight is 448 g/mol. The Balaban J connectivity index is 2.21. The van der Waals surface area contributed by atoms with Gasteiger partial charge in [-0.2, -0.15) is 13.2 Å². The maximum absolute atomic E-state index is 13.9. The molecule has 29 heavy (non-hydrogen) atoms. The van der Waals surface area contributed by atoms with Crippen LogP contribution in [0.2, 0.25) is 0 Å². The minimum atomic E-state index is -5.66. The number of esters is 1. The highest BCUT2D eigenvalue weighted by molar-refractivity contribution is 7.48. The molecule has 0 aliphatic carbocycles. The summed E-state index contributed by atoms with van der Waals surface area (Å²) in [7, 11) is -5.66. The van der Waals surface area contributed by atoms with Gasteiger partial charge in [-0.1, -0.05) is 0 Å². The van der Waals surface area contributed by atoms with Crippen molar-refractivity contribution in [2.24, 2.45) is 0 Å². The first-order chi connectivity index (χ1) is 13.3. The molecular weight excluding hydrogens is 431 g/mol. The monoisotopic (exact) mass is 448 g/mol. The smallest absolute Gasteiger partial charge is 0.463 e. The van der Waals surface area contributed by atoms with Crippen molar-refractivity contribution in [1.82, 2.24) is 9.55 Å². The first kappa shape index (κ1) is 23.3. The van der Waals surface area contributed by atoms with Gasteiger partial charge in [-0.25, -0.2) is 9.36 Å². The predicted molar refractivity (Wildman–Crippen MR) is 86.8 cm³/mol. The van der Waals surface area contributed by atoms with E-state index in [0.29, 0.717) is 0 Å². The number of hydrogen-bond acceptors (Lipinski definition) is 8. The van der Waals surface area contributed by atoms with Crippen molar-refractivity contribution in [3.05, 3.63) is 32.6 Å². The standard InChI is InChI=1S/C14H17F4N2O8P/c1-7-4-20(13(23)19-12(7)22)11-3-9(10(27-11)5-25-8(2)21)28-29(18,24)26-6-14(15,16)17/h4,9-11H,3,5-6H2,1-2H3,(H,19,22,23)/t9-,10+,11+,29?/m0/s1. The number of hydrogen-bond donors (Lipinski definition) is 1. The molecule has 0 radical (unpaired) electrons. The SMILES string of the molecule is CC(=O)OC[C@H]1O[C@@H](n2cc(C)c(=O)[nH]c2=O)C[C@@H]1OP(=O)(F)OCC(F)(F)F. The zero-order valence-electron chi connectivity index (χ0n) is 15.1. The molecule has 1 aliphatic heterocycles. The molecular formula is C14H17F4N2O8P. The second kappa shape index (κ2) is 8.78. The van der Waals surface area contributed by atoms with Gasteiger partial charge in [-0.3, -0.25) is 28.2 Å². The number of carbonyl (C=O) groups is 1. The van der Waals surface area contributed by atoms with E-state index in [2.05, 4.69) is 9.05 Å². The molecule has 0 aromatic carbocycles. The van der Waals surface area contributed by atoms with Crippen LogP contribution in [0.1, 0.15) is 25.1 Å². The summed E-state index contributed by atoms with van der Waals surface area (Å²) >= 11 is 0. The van der Waals surface area contributed by atoms with Crippen LogP contribution in [0.15, 0.2) is 15.8 Å². The normalized spacial score (nSPS) is 24.3. The number of H-pyrrole nitrogens is 1. The van der Waals surface area contributed by atoms with Gasteiger partial charge >= 0.3 is 25.7 Å². The Bertz CT molecular complexity index is 914. The van der Waals surface area contributed by atoms with Crippen LogP contribution in [0.3, 0.4) is 0 Å². The number of halogens is 4. The van der Waals surface area contributed by atoms with Crippen LogP contribution in [0, 0.1) is 6.92 Å². The van der Waals surface area contributed by atoms with E-state index >= 15 is 0 Å². The fourth-order valence-corrected chi connectivity index (χ4v) is 3.38. The molecule has 0 bridgehead atoms. The summed E-state index contributed by atoms with van der Waals surface area (Å²) in [4.78, 5) is 36.5. The largest absolute Gasteiger partial charge is 0.513 e. The van der Waals surface area contributed by atoms with E-state index < -0.39 is 63.0 Å². The lowest BCUT2D eigenvalue weighted by Gasteiger charge is -2.20. The lowest BCUT2D eigenvalue weighted by molar-refractivity contribution is -0.158. The first-order valence-electron chi connectivity index (χ1n) is 8.07. The molecule has 1 aromatic heterocycles. The van der Waals surface area contributed by atoms with Crippen molar-refractivity contribution in [2.45, 2.75) is 44.9 Å². The highest BCUT2D eigenvalue weighted by atomic mass is 31.2. The highest BCUT2D eigenvalue weighted by Gasteiger charge is 2.44. The molecule has 0 saturated carbocycles. The molecule has 15 heteroatoms. The van der Waals surface area contributed by atoms with Crippen molar-refractivity contribution in [2.75, 3.05) is 13.2 Å². The molecule has 1 fully saturated rings. The number of aryl methyl sites for hydroxylation is 1. The topological polar surface area (TPSA) is 126 Å². The molecule has 1 unspecified atom stereocenters. The number of carbonyl (C=O) groups excluding carboxylic acids is 1. The summed E-state index contributed by atoms with van der Waals surface area (Å²) < 4.78 is 81.4. The van der Waals surface area contributed by atoms with Gasteiger partial charge in [-0.05, 0) is 6.92 Å². The van der Waals surface area contributed by atoms with Gasteiger partial charge in [0.25, 0.3) is 5.56 Å². The molecule has 1 saturated heterocycles. The van der Waals surface area contributed by atoms with Crippen molar-refractivity contribution in [3.8, 4) is 0 Å². The molecule has 2 rings (SSSR count). The number of nitrogens with zero attached hydrogens (tertiary/aromatic N) is 1. The Kier molecular flexibility index (Phi) is 7.04. The van der Waals surface area contributed by atoms with Gasteiger partial charge in [0.1, 0.15) is 25.0 Å². The Hall–Kier alpha value is -2.02. The van der Waals surface area contributed by atoms with Crippen LogP contribution in [0.25, 0.3) is 0 Å². The molecule has 0 spiro atoms. The highest BCUT2D eigenvalue weighted by Crippen LogP contribution is 2.54. The minimum Gasteiger partial charge on any atom is -0.463 e. The third-order valence-electron chi connectivity index (χ3n) is 3.73. The van der Waals surface area contributed by atoms with E-state index in [0.717, 1.165) is 17.7 Å². The number of aromatic amines is 1. The van der Waals surface area contributed by atoms with Crippen molar-refractivity contribution >= 4 is 13.9 Å². The fraction of sp³-hybridized carbons (Fsp3) is 0.643. The zero-order chi connectivity index (χ0) is 22.0. The molecule has 4 atom stereocenters. The summed E-state index contributed by atoms with van der Waals surface area (Å²) in [6, 6.07) is 0. The number of alkyl halides is 3. The van der Waals surface area contributed by atoms with Crippen LogP contribution < -0.4 is 11.2 Å². The Labute approximate surface area is 160 Å². The summed E-state index contributed by atoms with van der Waals surface area (Å²) in [5.41, 5.74) is -1.39. The van der Waals surface area contributed by atoms with Gasteiger partial charge in [0.15, 0.2) is 6.61 Å². The third kappa shape index (κ3) is 6.77. The van der Waals surface area contributed by atoms with Crippen LogP contribution in [-0.2, 0) is 27.9 Å². The first-order valence-corrected chi connectivity index (χ1v) is 9.51. The van der Waals surface area contributed by atoms with E-state index in [1.807, 2.05) is 4.98 Å². The lowest BCUT2D eigenvalue weighted by atomic mass is 10.2. The van der Waals surface area contributed by atoms with Gasteiger partial charge in [-0.15, -0.1) is 4.20 Å². The molecule has 0 amide bonds. The van der Waals surface area contributed by atoms with Crippen LogP contribution >= 0.6 is 7.91 Å². The number of nitrogens with one attached hydrogen (secondary N) is 1. The van der Waals surface area contributed by atoms with Gasteiger partial charge in [0.2, 0.25) is 0 Å². The summed E-state index contributed by atoms with van der Waals surface area (Å²) in [6.45, 7) is -0.211. The van der Waals surface area contributed by atoms with E-state index in [1.165, 1.54) is 6.92 Å². The van der Waals surface area contributed by atoms with Gasteiger partial charge < -0.3 is 9.47 Å². The van der Waals surface area contributed by atoms with Crippen LogP contribution in [0.4, 0.5) is 17.4 Å². The lowest BCUT2D eigenvalue weighted by Crippen LogP contribution is -2.33. The zero-order valence-corrected chi connectivity index (χ0v) is 16.0. The number of rotatable bonds is 7. The van der Waals surface area contributed by atoms with Crippen LogP contribution in [0.5, 0.6) is 0 Å². The molecule has 10 nitrogen and oxygen atoms in total. The predicted octanol–water partition coefficient (Wildman–Crippen LogP) is 1.74. The average Bonchev–Trinajstić information content (AvgIpc) is 2.96. The summed E-state index contributed by atoms with van der Waals surface area (Å²) in [6.07, 6.45) is -8.10. The maximum Gasteiger partial charge on any atom is 0.513 e. The summed E-state index contributed by atoms with van der Waals surface area (Å²) in [5, 5.41) is 0. The van der Waals surface area contributed by atoms with E-state index in [-0.39, 0.29) is 12.0 Å². The fourth-order valence-electron chi connectivity index (χ4n) is 2.47. The number of aromatic nitrogens is 2. The van der Waals surface area contributed by atoms with Crippen molar-refractivity contribution in [1.29, 1.82) is 0 Å². The van der Waals surface area contributed by atoms with E-state index in [4.69, 9.17) is 9.47 Å². The molecule has 164 valence electrons. The summed E-state index contributed by atoms with van der Waals surface area (Å²) in [5.74, 6) is -0.746. The van der Waals surface area contributed by atoms with Gasteiger partial charge in [0, 0.05) is 25.1 Å². The second-order valence-corrected chi connectivity index (χ2v) is 7.44. The Morgan fingerprint density at radius 2 is 2.07 bits per heavy atom. The van der Waals surface area contributed by atoms with Crippen LogP contribution in [-0.4, -0.2) is 47.1 Å². The Morgan fingerprint density at radius 1 is 1.41 bits per heavy atom.